The Morgan fingerprint density at radius 1 is 1.14 bits per heavy atom. The summed E-state index contributed by atoms with van der Waals surface area (Å²) in [7, 11) is 0. The fraction of sp³-hybridized carbons (Fsp3) is 0.727. The maximum atomic E-state index is 11.6. The molecule has 2 atom stereocenters. The smallest absolute Gasteiger partial charge is 0.172 e. The Labute approximate surface area is 84.9 Å². The van der Waals surface area contributed by atoms with Gasteiger partial charge in [0, 0.05) is 6.04 Å². The van der Waals surface area contributed by atoms with E-state index in [1.807, 2.05) is 6.08 Å². The molecule has 2 aliphatic heterocycles. The van der Waals surface area contributed by atoms with E-state index >= 15 is 0 Å². The molecule has 0 radical (unpaired) electrons. The molecule has 14 heavy (non-hydrogen) atoms. The first-order valence-electron chi connectivity index (χ1n) is 5.55. The molecule has 2 aliphatic rings. The predicted molar refractivity (Wildman–Crippen MR) is 56.2 cm³/mol. The number of rotatable bonds is 3. The molecular weight excluding hydrogens is 176 g/mol. The lowest BCUT2D eigenvalue weighted by atomic mass is 10.1. The van der Waals surface area contributed by atoms with Crippen LogP contribution in [-0.4, -0.2) is 31.0 Å². The lowest BCUT2D eigenvalue weighted by Gasteiger charge is -2.06. The number of carbonyl (C=O) groups excluding carboxylic acids is 1. The fourth-order valence-electron chi connectivity index (χ4n) is 2.13. The highest BCUT2D eigenvalue weighted by atomic mass is 16.1. The minimum absolute atomic E-state index is 0.0904. The summed E-state index contributed by atoms with van der Waals surface area (Å²) in [6, 6.07) is 0.521. The van der Waals surface area contributed by atoms with Crippen LogP contribution in [0.4, 0.5) is 0 Å². The van der Waals surface area contributed by atoms with Crippen LogP contribution in [0.2, 0.25) is 0 Å². The van der Waals surface area contributed by atoms with Crippen LogP contribution in [0.3, 0.4) is 0 Å². The SMILES string of the molecule is O=C(C=CC1CCCN1)C1CCCN1. The van der Waals surface area contributed by atoms with E-state index in [1.165, 1.54) is 12.8 Å². The van der Waals surface area contributed by atoms with Crippen LogP contribution in [0.1, 0.15) is 25.7 Å². The van der Waals surface area contributed by atoms with E-state index in [4.69, 9.17) is 0 Å². The van der Waals surface area contributed by atoms with Gasteiger partial charge in [-0.15, -0.1) is 0 Å². The molecule has 2 N–H and O–H groups in total. The first-order valence-corrected chi connectivity index (χ1v) is 5.55. The van der Waals surface area contributed by atoms with Gasteiger partial charge in [-0.2, -0.15) is 0 Å². The third kappa shape index (κ3) is 2.42. The number of hydrogen-bond acceptors (Lipinski definition) is 3. The van der Waals surface area contributed by atoms with Crippen LogP contribution < -0.4 is 10.6 Å². The van der Waals surface area contributed by atoms with Crippen molar-refractivity contribution in [2.75, 3.05) is 13.1 Å². The van der Waals surface area contributed by atoms with Gasteiger partial charge in [-0.3, -0.25) is 4.79 Å². The average molecular weight is 194 g/mol. The van der Waals surface area contributed by atoms with Gasteiger partial charge in [0.05, 0.1) is 6.04 Å². The Hall–Kier alpha value is -0.670. The van der Waals surface area contributed by atoms with Crippen molar-refractivity contribution in [1.82, 2.24) is 10.6 Å². The summed E-state index contributed by atoms with van der Waals surface area (Å²) in [4.78, 5) is 11.6. The van der Waals surface area contributed by atoms with Crippen molar-refractivity contribution in [1.29, 1.82) is 0 Å². The molecule has 2 saturated heterocycles. The molecule has 0 saturated carbocycles. The van der Waals surface area contributed by atoms with E-state index in [1.54, 1.807) is 6.08 Å². The van der Waals surface area contributed by atoms with E-state index in [-0.39, 0.29) is 11.8 Å². The molecule has 78 valence electrons. The summed E-state index contributed by atoms with van der Waals surface area (Å²) in [6.45, 7) is 2.08. The summed E-state index contributed by atoms with van der Waals surface area (Å²) in [5, 5.41) is 6.55. The third-order valence-electron chi connectivity index (χ3n) is 2.99. The summed E-state index contributed by atoms with van der Waals surface area (Å²) in [5.74, 6) is 0.246. The van der Waals surface area contributed by atoms with Crippen LogP contribution in [-0.2, 0) is 4.79 Å². The molecule has 0 aromatic heterocycles. The normalized spacial score (nSPS) is 32.9. The number of hydrogen-bond donors (Lipinski definition) is 2. The van der Waals surface area contributed by atoms with Gasteiger partial charge < -0.3 is 10.6 Å². The zero-order valence-electron chi connectivity index (χ0n) is 8.46. The summed E-state index contributed by atoms with van der Waals surface area (Å²) in [6.07, 6.45) is 8.31. The minimum Gasteiger partial charge on any atom is -0.311 e. The summed E-state index contributed by atoms with van der Waals surface area (Å²) in [5.41, 5.74) is 0. The Morgan fingerprint density at radius 2 is 1.93 bits per heavy atom. The molecule has 2 heterocycles. The topological polar surface area (TPSA) is 41.1 Å². The van der Waals surface area contributed by atoms with E-state index in [0.29, 0.717) is 6.04 Å². The quantitative estimate of drug-likeness (QED) is 0.647. The molecule has 3 nitrogen and oxygen atoms in total. The van der Waals surface area contributed by atoms with Gasteiger partial charge in [-0.05, 0) is 44.8 Å². The van der Waals surface area contributed by atoms with E-state index in [2.05, 4.69) is 10.6 Å². The van der Waals surface area contributed by atoms with Gasteiger partial charge >= 0.3 is 0 Å². The highest BCUT2D eigenvalue weighted by molar-refractivity contribution is 5.94. The molecule has 2 fully saturated rings. The predicted octanol–water partition coefficient (Wildman–Crippen LogP) is 0.616. The van der Waals surface area contributed by atoms with Crippen molar-refractivity contribution >= 4 is 5.78 Å². The van der Waals surface area contributed by atoms with E-state index in [9.17, 15) is 4.79 Å². The largest absolute Gasteiger partial charge is 0.311 e. The van der Waals surface area contributed by atoms with Crippen molar-refractivity contribution in [2.24, 2.45) is 0 Å². The van der Waals surface area contributed by atoms with Crippen molar-refractivity contribution in [3.8, 4) is 0 Å². The maximum Gasteiger partial charge on any atom is 0.172 e. The first kappa shape index (κ1) is 9.87. The molecular formula is C11H18N2O. The molecule has 3 heteroatoms. The molecule has 2 unspecified atom stereocenters. The highest BCUT2D eigenvalue weighted by Crippen LogP contribution is 2.09. The molecule has 0 aromatic rings. The lowest BCUT2D eigenvalue weighted by Crippen LogP contribution is -2.29. The fourth-order valence-corrected chi connectivity index (χ4v) is 2.13. The average Bonchev–Trinajstić information content (AvgIpc) is 2.87. The summed E-state index contributed by atoms with van der Waals surface area (Å²) >= 11 is 0. The Morgan fingerprint density at radius 3 is 2.57 bits per heavy atom. The van der Waals surface area contributed by atoms with E-state index < -0.39 is 0 Å². The van der Waals surface area contributed by atoms with Crippen molar-refractivity contribution < 1.29 is 4.79 Å². The Bertz CT molecular complexity index is 225. The van der Waals surface area contributed by atoms with Crippen molar-refractivity contribution in [3.05, 3.63) is 12.2 Å². The standard InChI is InChI=1S/C11H18N2O/c14-11(10-4-2-8-13-10)6-5-9-3-1-7-12-9/h5-6,9-10,12-13H,1-4,7-8H2. The Balaban J connectivity index is 1.80. The monoisotopic (exact) mass is 194 g/mol. The highest BCUT2D eigenvalue weighted by Gasteiger charge is 2.20. The minimum atomic E-state index is 0.0904. The lowest BCUT2D eigenvalue weighted by molar-refractivity contribution is -0.116. The van der Waals surface area contributed by atoms with Gasteiger partial charge in [0.2, 0.25) is 0 Å². The zero-order valence-corrected chi connectivity index (χ0v) is 8.46. The van der Waals surface area contributed by atoms with Crippen LogP contribution in [0.5, 0.6) is 0 Å². The van der Waals surface area contributed by atoms with Crippen LogP contribution in [0, 0.1) is 0 Å². The van der Waals surface area contributed by atoms with Gasteiger partial charge in [0.15, 0.2) is 5.78 Å². The number of ketones is 1. The second kappa shape index (κ2) is 4.71. The number of nitrogens with one attached hydrogen (secondary N) is 2. The van der Waals surface area contributed by atoms with Crippen LogP contribution in [0.15, 0.2) is 12.2 Å². The summed E-state index contributed by atoms with van der Waals surface area (Å²) < 4.78 is 0. The Kier molecular flexibility index (Phi) is 3.32. The molecule has 0 bridgehead atoms. The molecule has 0 spiro atoms. The third-order valence-corrected chi connectivity index (χ3v) is 2.99. The van der Waals surface area contributed by atoms with Crippen LogP contribution in [0.25, 0.3) is 0 Å². The second-order valence-electron chi connectivity index (χ2n) is 4.11. The molecule has 0 aromatic carbocycles. The second-order valence-corrected chi connectivity index (χ2v) is 4.11. The number of carbonyl (C=O) groups is 1. The molecule has 2 rings (SSSR count). The van der Waals surface area contributed by atoms with Crippen molar-refractivity contribution in [2.45, 2.75) is 37.8 Å². The molecule has 0 aliphatic carbocycles. The first-order chi connectivity index (χ1) is 6.86. The maximum absolute atomic E-state index is 11.6. The van der Waals surface area contributed by atoms with Gasteiger partial charge in [0.25, 0.3) is 0 Å². The zero-order chi connectivity index (χ0) is 9.80. The van der Waals surface area contributed by atoms with Crippen LogP contribution >= 0.6 is 0 Å². The van der Waals surface area contributed by atoms with E-state index in [0.717, 1.165) is 25.9 Å². The van der Waals surface area contributed by atoms with Crippen molar-refractivity contribution in [3.63, 3.8) is 0 Å². The van der Waals surface area contributed by atoms with Gasteiger partial charge in [-0.1, -0.05) is 6.08 Å². The molecule has 0 amide bonds. The van der Waals surface area contributed by atoms with Gasteiger partial charge in [-0.25, -0.2) is 0 Å². The van der Waals surface area contributed by atoms with Gasteiger partial charge in [0.1, 0.15) is 0 Å².